The van der Waals surface area contributed by atoms with Crippen LogP contribution in [0.2, 0.25) is 0 Å². The third-order valence-electron chi connectivity index (χ3n) is 9.61. The van der Waals surface area contributed by atoms with Gasteiger partial charge in [-0.25, -0.2) is 0 Å². The SMILES string of the molecule is c1ccc(-c2ccc(N(c3ccc(-c4ccccc4)cc3)c3cccc(-c4ccccc4-n4c5ccccc5c5ccccc54)c3)cc2)cc1. The van der Waals surface area contributed by atoms with Crippen LogP contribution in [0, 0.1) is 0 Å². The van der Waals surface area contributed by atoms with Gasteiger partial charge in [0.25, 0.3) is 0 Å². The average molecular weight is 639 g/mol. The summed E-state index contributed by atoms with van der Waals surface area (Å²) in [6.07, 6.45) is 0. The summed E-state index contributed by atoms with van der Waals surface area (Å²) in [5, 5.41) is 2.52. The van der Waals surface area contributed by atoms with Gasteiger partial charge in [0, 0.05) is 33.4 Å². The third kappa shape index (κ3) is 5.34. The number of hydrogen-bond donors (Lipinski definition) is 0. The number of benzene rings is 8. The second kappa shape index (κ2) is 12.8. The number of hydrogen-bond acceptors (Lipinski definition) is 1. The second-order valence-corrected chi connectivity index (χ2v) is 12.6. The van der Waals surface area contributed by atoms with Crippen molar-refractivity contribution in [2.75, 3.05) is 4.90 Å². The Bertz CT molecular complexity index is 2430. The van der Waals surface area contributed by atoms with E-state index in [1.165, 1.54) is 49.6 Å². The van der Waals surface area contributed by atoms with Crippen LogP contribution >= 0.6 is 0 Å². The number of rotatable bonds is 7. The molecule has 0 unspecified atom stereocenters. The molecule has 0 radical (unpaired) electrons. The lowest BCUT2D eigenvalue weighted by atomic mass is 10.0. The van der Waals surface area contributed by atoms with Crippen molar-refractivity contribution in [3.8, 4) is 39.1 Å². The first-order valence-electron chi connectivity index (χ1n) is 17.1. The van der Waals surface area contributed by atoms with Crippen molar-refractivity contribution in [1.29, 1.82) is 0 Å². The van der Waals surface area contributed by atoms with Crippen LogP contribution in [-0.4, -0.2) is 4.57 Å². The van der Waals surface area contributed by atoms with Crippen molar-refractivity contribution in [3.63, 3.8) is 0 Å². The van der Waals surface area contributed by atoms with E-state index in [1.807, 2.05) is 0 Å². The van der Waals surface area contributed by atoms with Crippen molar-refractivity contribution < 1.29 is 0 Å². The quantitative estimate of drug-likeness (QED) is 0.169. The number of nitrogens with zero attached hydrogens (tertiary/aromatic N) is 2. The summed E-state index contributed by atoms with van der Waals surface area (Å²) in [5.41, 5.74) is 14.0. The van der Waals surface area contributed by atoms with Gasteiger partial charge in [-0.1, -0.05) is 152 Å². The largest absolute Gasteiger partial charge is 0.310 e. The topological polar surface area (TPSA) is 8.17 Å². The van der Waals surface area contributed by atoms with Gasteiger partial charge >= 0.3 is 0 Å². The van der Waals surface area contributed by atoms with Crippen LogP contribution in [0.3, 0.4) is 0 Å². The Morgan fingerprint density at radius 1 is 0.300 bits per heavy atom. The summed E-state index contributed by atoms with van der Waals surface area (Å²) >= 11 is 0. The molecule has 9 aromatic rings. The molecule has 0 spiro atoms. The highest BCUT2D eigenvalue weighted by molar-refractivity contribution is 6.09. The number of anilines is 3. The molecular weight excluding hydrogens is 605 g/mol. The lowest BCUT2D eigenvalue weighted by molar-refractivity contribution is 1.18. The highest BCUT2D eigenvalue weighted by Gasteiger charge is 2.18. The molecule has 0 atom stereocenters. The van der Waals surface area contributed by atoms with Crippen molar-refractivity contribution in [2.24, 2.45) is 0 Å². The van der Waals surface area contributed by atoms with E-state index < -0.39 is 0 Å². The minimum Gasteiger partial charge on any atom is -0.310 e. The first-order chi connectivity index (χ1) is 24.8. The Morgan fingerprint density at radius 3 is 1.30 bits per heavy atom. The average Bonchev–Trinajstić information content (AvgIpc) is 3.54. The Hall–Kier alpha value is -6.64. The predicted octanol–water partition coefficient (Wildman–Crippen LogP) is 13.3. The Labute approximate surface area is 292 Å². The fourth-order valence-corrected chi connectivity index (χ4v) is 7.22. The predicted molar refractivity (Wildman–Crippen MR) is 212 cm³/mol. The molecule has 0 saturated heterocycles. The molecular formula is C48H34N2. The number of para-hydroxylation sites is 3. The maximum Gasteiger partial charge on any atom is 0.0541 e. The van der Waals surface area contributed by atoms with Crippen molar-refractivity contribution >= 4 is 38.9 Å². The molecule has 2 heteroatoms. The summed E-state index contributed by atoms with van der Waals surface area (Å²) in [6.45, 7) is 0. The van der Waals surface area contributed by atoms with E-state index in [-0.39, 0.29) is 0 Å². The number of fused-ring (bicyclic) bond motifs is 3. The Kier molecular flexibility index (Phi) is 7.53. The Balaban J connectivity index is 1.18. The molecule has 0 saturated carbocycles. The minimum atomic E-state index is 1.10. The monoisotopic (exact) mass is 638 g/mol. The first kappa shape index (κ1) is 29.5. The molecule has 0 aliphatic rings. The molecule has 2 nitrogen and oxygen atoms in total. The van der Waals surface area contributed by atoms with E-state index in [4.69, 9.17) is 0 Å². The van der Waals surface area contributed by atoms with E-state index in [0.29, 0.717) is 0 Å². The van der Waals surface area contributed by atoms with Gasteiger partial charge in [-0.3, -0.25) is 0 Å². The molecule has 1 heterocycles. The fourth-order valence-electron chi connectivity index (χ4n) is 7.22. The van der Waals surface area contributed by atoms with Crippen LogP contribution < -0.4 is 4.90 Å². The molecule has 50 heavy (non-hydrogen) atoms. The van der Waals surface area contributed by atoms with Crippen LogP contribution in [-0.2, 0) is 0 Å². The zero-order valence-electron chi connectivity index (χ0n) is 27.5. The summed E-state index contributed by atoms with van der Waals surface area (Å²) < 4.78 is 2.41. The van der Waals surface area contributed by atoms with Gasteiger partial charge in [0.15, 0.2) is 0 Å². The van der Waals surface area contributed by atoms with Gasteiger partial charge in [0.05, 0.1) is 16.7 Å². The normalized spacial score (nSPS) is 11.2. The molecule has 0 bridgehead atoms. The third-order valence-corrected chi connectivity index (χ3v) is 9.61. The number of aromatic nitrogens is 1. The van der Waals surface area contributed by atoms with Gasteiger partial charge in [-0.05, 0) is 82.4 Å². The van der Waals surface area contributed by atoms with E-state index in [9.17, 15) is 0 Å². The van der Waals surface area contributed by atoms with Crippen molar-refractivity contribution in [2.45, 2.75) is 0 Å². The van der Waals surface area contributed by atoms with Gasteiger partial charge < -0.3 is 9.47 Å². The van der Waals surface area contributed by atoms with E-state index in [2.05, 4.69) is 216 Å². The molecule has 0 fully saturated rings. The van der Waals surface area contributed by atoms with Gasteiger partial charge in [-0.2, -0.15) is 0 Å². The first-order valence-corrected chi connectivity index (χ1v) is 17.1. The molecule has 0 aliphatic heterocycles. The van der Waals surface area contributed by atoms with Gasteiger partial charge in [0.2, 0.25) is 0 Å². The van der Waals surface area contributed by atoms with Crippen LogP contribution in [0.1, 0.15) is 0 Å². The molecule has 1 aromatic heterocycles. The maximum atomic E-state index is 2.41. The lowest BCUT2D eigenvalue weighted by Gasteiger charge is -2.27. The van der Waals surface area contributed by atoms with Crippen LogP contribution in [0.5, 0.6) is 0 Å². The highest BCUT2D eigenvalue weighted by Crippen LogP contribution is 2.40. The van der Waals surface area contributed by atoms with Crippen molar-refractivity contribution in [1.82, 2.24) is 4.57 Å². The fraction of sp³-hybridized carbons (Fsp3) is 0. The second-order valence-electron chi connectivity index (χ2n) is 12.6. The lowest BCUT2D eigenvalue weighted by Crippen LogP contribution is -2.10. The van der Waals surface area contributed by atoms with Crippen molar-refractivity contribution in [3.05, 3.63) is 206 Å². The summed E-state index contributed by atoms with van der Waals surface area (Å²) in [7, 11) is 0. The summed E-state index contributed by atoms with van der Waals surface area (Å²) in [6, 6.07) is 74.0. The molecule has 8 aromatic carbocycles. The molecule has 0 aliphatic carbocycles. The Morgan fingerprint density at radius 2 is 0.740 bits per heavy atom. The van der Waals surface area contributed by atoms with Crippen LogP contribution in [0.15, 0.2) is 206 Å². The summed E-state index contributed by atoms with van der Waals surface area (Å²) in [5.74, 6) is 0. The molecule has 9 rings (SSSR count). The molecule has 0 amide bonds. The highest BCUT2D eigenvalue weighted by atomic mass is 15.1. The zero-order valence-corrected chi connectivity index (χ0v) is 27.5. The smallest absolute Gasteiger partial charge is 0.0541 e. The standard InChI is InChI=1S/C48H34N2/c1-3-14-35(15-4-1)37-26-30-40(31-27-37)49(41-32-28-38(29-33-41)36-16-5-2-6-17-36)42-19-13-18-39(34-42)43-20-7-10-23-46(43)50-47-24-11-8-21-44(47)45-22-9-12-25-48(45)50/h1-34H. The van der Waals surface area contributed by atoms with Crippen LogP contribution in [0.25, 0.3) is 60.9 Å². The maximum absolute atomic E-state index is 2.41. The minimum absolute atomic E-state index is 1.10. The summed E-state index contributed by atoms with van der Waals surface area (Å²) in [4.78, 5) is 2.36. The van der Waals surface area contributed by atoms with Crippen LogP contribution in [0.4, 0.5) is 17.1 Å². The van der Waals surface area contributed by atoms with E-state index in [1.54, 1.807) is 0 Å². The zero-order chi connectivity index (χ0) is 33.3. The van der Waals surface area contributed by atoms with Gasteiger partial charge in [0.1, 0.15) is 0 Å². The molecule has 0 N–H and O–H groups in total. The van der Waals surface area contributed by atoms with E-state index >= 15 is 0 Å². The molecule has 236 valence electrons. The van der Waals surface area contributed by atoms with E-state index in [0.717, 1.165) is 28.3 Å². The van der Waals surface area contributed by atoms with Gasteiger partial charge in [-0.15, -0.1) is 0 Å².